The molecule has 0 spiro atoms. The second-order valence-corrected chi connectivity index (χ2v) is 3.73. The topological polar surface area (TPSA) is 44.5 Å². The van der Waals surface area contributed by atoms with Crippen LogP contribution in [0, 0.1) is 11.6 Å². The molecule has 0 unspecified atom stereocenters. The van der Waals surface area contributed by atoms with Gasteiger partial charge in [-0.25, -0.2) is 8.78 Å². The van der Waals surface area contributed by atoms with E-state index in [0.717, 1.165) is 18.2 Å². The van der Waals surface area contributed by atoms with Crippen LogP contribution < -0.4 is 15.2 Å². The molecule has 2 rings (SSSR count). The monoisotopic (exact) mass is 287 g/mol. The highest BCUT2D eigenvalue weighted by Crippen LogP contribution is 2.34. The van der Waals surface area contributed by atoms with Crippen LogP contribution in [0.5, 0.6) is 17.2 Å². The number of para-hydroxylation sites is 1. The van der Waals surface area contributed by atoms with Crippen LogP contribution >= 0.6 is 0 Å². The van der Waals surface area contributed by atoms with E-state index in [1.165, 1.54) is 18.2 Å². The first-order chi connectivity index (χ1) is 9.47. The molecule has 0 aliphatic rings. The number of alkyl halides is 2. The van der Waals surface area contributed by atoms with Gasteiger partial charge in [0.2, 0.25) is 0 Å². The van der Waals surface area contributed by atoms with Crippen molar-refractivity contribution in [3.8, 4) is 17.2 Å². The van der Waals surface area contributed by atoms with Gasteiger partial charge in [0.05, 0.1) is 5.69 Å². The zero-order valence-corrected chi connectivity index (χ0v) is 9.95. The number of nitrogen functional groups attached to an aromatic ring is 1. The van der Waals surface area contributed by atoms with Crippen molar-refractivity contribution in [3.05, 3.63) is 48.0 Å². The van der Waals surface area contributed by atoms with Crippen molar-refractivity contribution in [2.75, 3.05) is 5.73 Å². The summed E-state index contributed by atoms with van der Waals surface area (Å²) in [6, 6.07) is 7.00. The second-order valence-electron chi connectivity index (χ2n) is 3.73. The SMILES string of the molecule is Nc1cc(F)c(OC(F)F)cc1Oc1ccccc1F. The third-order valence-corrected chi connectivity index (χ3v) is 2.34. The Morgan fingerprint density at radius 3 is 2.25 bits per heavy atom. The molecule has 0 atom stereocenters. The van der Waals surface area contributed by atoms with E-state index < -0.39 is 24.0 Å². The van der Waals surface area contributed by atoms with Gasteiger partial charge in [-0.05, 0) is 12.1 Å². The molecule has 0 bridgehead atoms. The summed E-state index contributed by atoms with van der Waals surface area (Å²) < 4.78 is 60.0. The molecule has 2 aromatic carbocycles. The Morgan fingerprint density at radius 2 is 1.60 bits per heavy atom. The Hall–Kier alpha value is -2.44. The van der Waals surface area contributed by atoms with E-state index in [1.54, 1.807) is 0 Å². The Labute approximate surface area is 111 Å². The van der Waals surface area contributed by atoms with Gasteiger partial charge >= 0.3 is 6.61 Å². The van der Waals surface area contributed by atoms with Crippen molar-refractivity contribution in [3.63, 3.8) is 0 Å². The number of nitrogens with two attached hydrogens (primary N) is 1. The molecule has 106 valence electrons. The van der Waals surface area contributed by atoms with E-state index in [9.17, 15) is 17.6 Å². The Bertz CT molecular complexity index is 619. The van der Waals surface area contributed by atoms with Crippen LogP contribution in [0.4, 0.5) is 23.2 Å². The van der Waals surface area contributed by atoms with Crippen LogP contribution in [-0.2, 0) is 0 Å². The molecule has 0 amide bonds. The lowest BCUT2D eigenvalue weighted by molar-refractivity contribution is -0.0522. The first-order valence-electron chi connectivity index (χ1n) is 5.43. The maximum absolute atomic E-state index is 13.4. The van der Waals surface area contributed by atoms with Gasteiger partial charge in [-0.3, -0.25) is 0 Å². The van der Waals surface area contributed by atoms with Crippen molar-refractivity contribution in [2.24, 2.45) is 0 Å². The summed E-state index contributed by atoms with van der Waals surface area (Å²) in [6.07, 6.45) is 0. The van der Waals surface area contributed by atoms with Crippen molar-refractivity contribution < 1.29 is 27.0 Å². The number of halogens is 4. The Kier molecular flexibility index (Phi) is 3.97. The number of benzene rings is 2. The standard InChI is InChI=1S/C13H9F4NO2/c14-7-3-1-2-4-10(7)19-12-6-11(20-13(16)17)8(15)5-9(12)18/h1-6,13H,18H2. The zero-order chi connectivity index (χ0) is 14.7. The molecule has 0 heterocycles. The predicted octanol–water partition coefficient (Wildman–Crippen LogP) is 3.94. The van der Waals surface area contributed by atoms with Gasteiger partial charge in [0.1, 0.15) is 0 Å². The van der Waals surface area contributed by atoms with Crippen molar-refractivity contribution >= 4 is 5.69 Å². The summed E-state index contributed by atoms with van der Waals surface area (Å²) in [5.74, 6) is -2.84. The van der Waals surface area contributed by atoms with Crippen molar-refractivity contribution in [2.45, 2.75) is 6.61 Å². The van der Waals surface area contributed by atoms with Crippen LogP contribution in [0.1, 0.15) is 0 Å². The molecule has 0 aliphatic heterocycles. The zero-order valence-electron chi connectivity index (χ0n) is 9.95. The van der Waals surface area contributed by atoms with Gasteiger partial charge in [-0.1, -0.05) is 12.1 Å². The minimum absolute atomic E-state index is 0.172. The normalized spacial score (nSPS) is 10.7. The average Bonchev–Trinajstić information content (AvgIpc) is 2.37. The minimum Gasteiger partial charge on any atom is -0.452 e. The third kappa shape index (κ3) is 3.11. The first kappa shape index (κ1) is 14.0. The van der Waals surface area contributed by atoms with E-state index in [-0.39, 0.29) is 17.2 Å². The van der Waals surface area contributed by atoms with Crippen LogP contribution in [0.25, 0.3) is 0 Å². The lowest BCUT2D eigenvalue weighted by Crippen LogP contribution is -2.05. The summed E-state index contributed by atoms with van der Waals surface area (Å²) >= 11 is 0. The van der Waals surface area contributed by atoms with E-state index in [2.05, 4.69) is 4.74 Å². The summed E-state index contributed by atoms with van der Waals surface area (Å²) in [5.41, 5.74) is 5.31. The average molecular weight is 287 g/mol. The molecule has 0 saturated carbocycles. The highest BCUT2D eigenvalue weighted by molar-refractivity contribution is 5.57. The van der Waals surface area contributed by atoms with Crippen molar-refractivity contribution in [1.82, 2.24) is 0 Å². The van der Waals surface area contributed by atoms with Crippen LogP contribution in [0.2, 0.25) is 0 Å². The number of anilines is 1. The third-order valence-electron chi connectivity index (χ3n) is 2.34. The van der Waals surface area contributed by atoms with Gasteiger partial charge in [-0.15, -0.1) is 0 Å². The van der Waals surface area contributed by atoms with E-state index in [0.29, 0.717) is 0 Å². The number of ether oxygens (including phenoxy) is 2. The molecule has 0 fully saturated rings. The molecule has 20 heavy (non-hydrogen) atoms. The van der Waals surface area contributed by atoms with Crippen LogP contribution in [0.15, 0.2) is 36.4 Å². The Morgan fingerprint density at radius 1 is 0.900 bits per heavy atom. The van der Waals surface area contributed by atoms with Gasteiger partial charge in [-0.2, -0.15) is 8.78 Å². The lowest BCUT2D eigenvalue weighted by atomic mass is 10.2. The fourth-order valence-corrected chi connectivity index (χ4v) is 1.47. The van der Waals surface area contributed by atoms with Crippen molar-refractivity contribution in [1.29, 1.82) is 0 Å². The first-order valence-corrected chi connectivity index (χ1v) is 5.43. The summed E-state index contributed by atoms with van der Waals surface area (Å²) in [6.45, 7) is -3.20. The quantitative estimate of drug-likeness (QED) is 0.684. The molecule has 2 N–H and O–H groups in total. The fourth-order valence-electron chi connectivity index (χ4n) is 1.47. The van der Waals surface area contributed by atoms with Crippen LogP contribution in [-0.4, -0.2) is 6.61 Å². The minimum atomic E-state index is -3.20. The van der Waals surface area contributed by atoms with E-state index >= 15 is 0 Å². The molecule has 0 radical (unpaired) electrons. The molecule has 0 aromatic heterocycles. The molecular formula is C13H9F4NO2. The van der Waals surface area contributed by atoms with E-state index in [4.69, 9.17) is 10.5 Å². The van der Waals surface area contributed by atoms with E-state index in [1.807, 2.05) is 0 Å². The maximum atomic E-state index is 13.4. The Balaban J connectivity index is 2.34. The molecular weight excluding hydrogens is 278 g/mol. The summed E-state index contributed by atoms with van der Waals surface area (Å²) in [5, 5.41) is 0. The summed E-state index contributed by atoms with van der Waals surface area (Å²) in [4.78, 5) is 0. The van der Waals surface area contributed by atoms with Gasteiger partial charge in [0.15, 0.2) is 28.9 Å². The highest BCUT2D eigenvalue weighted by atomic mass is 19.3. The number of hydrogen-bond acceptors (Lipinski definition) is 3. The highest BCUT2D eigenvalue weighted by Gasteiger charge is 2.15. The molecule has 0 aliphatic carbocycles. The molecule has 2 aromatic rings. The van der Waals surface area contributed by atoms with Gasteiger partial charge in [0, 0.05) is 12.1 Å². The smallest absolute Gasteiger partial charge is 0.387 e. The lowest BCUT2D eigenvalue weighted by Gasteiger charge is -2.12. The summed E-state index contributed by atoms with van der Waals surface area (Å²) in [7, 11) is 0. The molecule has 3 nitrogen and oxygen atoms in total. The fraction of sp³-hybridized carbons (Fsp3) is 0.0769. The number of hydrogen-bond donors (Lipinski definition) is 1. The molecule has 7 heteroatoms. The van der Waals surface area contributed by atoms with Gasteiger partial charge < -0.3 is 15.2 Å². The maximum Gasteiger partial charge on any atom is 0.387 e. The predicted molar refractivity (Wildman–Crippen MR) is 63.9 cm³/mol. The number of rotatable bonds is 4. The van der Waals surface area contributed by atoms with Crippen LogP contribution in [0.3, 0.4) is 0 Å². The molecule has 0 saturated heterocycles. The van der Waals surface area contributed by atoms with Gasteiger partial charge in [0.25, 0.3) is 0 Å². The largest absolute Gasteiger partial charge is 0.452 e. The second kappa shape index (κ2) is 5.68.